The normalized spacial score (nSPS) is 19.6. The summed E-state index contributed by atoms with van der Waals surface area (Å²) in [6.07, 6.45) is 9.18. The van der Waals surface area contributed by atoms with Gasteiger partial charge in [-0.3, -0.25) is 4.79 Å². The Hall–Kier alpha value is -1.87. The lowest BCUT2D eigenvalue weighted by molar-refractivity contribution is -0.119. The zero-order valence-electron chi connectivity index (χ0n) is 17.9. The molecule has 28 heavy (non-hydrogen) atoms. The van der Waals surface area contributed by atoms with Crippen molar-refractivity contribution in [3.8, 4) is 0 Å². The van der Waals surface area contributed by atoms with Crippen LogP contribution in [0.1, 0.15) is 68.7 Å². The molecule has 3 heteroatoms. The van der Waals surface area contributed by atoms with E-state index >= 15 is 0 Å². The second-order valence-corrected chi connectivity index (χ2v) is 8.23. The predicted octanol–water partition coefficient (Wildman–Crippen LogP) is 5.58. The molecule has 3 nitrogen and oxygen atoms in total. The largest absolute Gasteiger partial charge is 0.493 e. The maximum absolute atomic E-state index is 13.5. The van der Waals surface area contributed by atoms with Gasteiger partial charge in [-0.2, -0.15) is 0 Å². The zero-order valence-corrected chi connectivity index (χ0v) is 17.9. The van der Waals surface area contributed by atoms with Crippen LogP contribution in [0.5, 0.6) is 0 Å². The summed E-state index contributed by atoms with van der Waals surface area (Å²) in [7, 11) is 0. The van der Waals surface area contributed by atoms with Crippen LogP contribution in [0.2, 0.25) is 0 Å². The van der Waals surface area contributed by atoms with Crippen molar-refractivity contribution in [2.75, 3.05) is 19.8 Å². The van der Waals surface area contributed by atoms with Gasteiger partial charge in [0.05, 0.1) is 5.57 Å². The number of hydrogen-bond acceptors (Lipinski definition) is 3. The van der Waals surface area contributed by atoms with E-state index in [0.717, 1.165) is 62.2 Å². The molecule has 152 valence electrons. The molecule has 0 bridgehead atoms. The standard InChI is InChI=1S/C25H34O3/c1-5-8-11-28-22-17-25(9-12-27-13-10-25)16-21(26)24(22)23-19(6-2)14-18(4)15-20(23)7-3/h5,8,14-15H,6-7,9-13,16-17H2,1-4H3. The van der Waals surface area contributed by atoms with Crippen molar-refractivity contribution in [1.29, 1.82) is 0 Å². The molecular formula is C25H34O3. The lowest BCUT2D eigenvalue weighted by atomic mass is 9.67. The van der Waals surface area contributed by atoms with Crippen molar-refractivity contribution in [3.05, 3.63) is 52.3 Å². The van der Waals surface area contributed by atoms with Crippen LogP contribution in [0.25, 0.3) is 5.57 Å². The van der Waals surface area contributed by atoms with Gasteiger partial charge < -0.3 is 9.47 Å². The molecule has 0 saturated carbocycles. The average molecular weight is 383 g/mol. The second-order valence-electron chi connectivity index (χ2n) is 8.23. The van der Waals surface area contributed by atoms with Crippen molar-refractivity contribution in [3.63, 3.8) is 0 Å². The second kappa shape index (κ2) is 9.09. The number of Topliss-reactive ketones (excluding diaryl/α,β-unsaturated/α-hetero) is 1. The van der Waals surface area contributed by atoms with Gasteiger partial charge in [0.25, 0.3) is 0 Å². The minimum absolute atomic E-state index is 0.00749. The number of ketones is 1. The molecule has 1 aliphatic carbocycles. The fourth-order valence-corrected chi connectivity index (χ4v) is 4.70. The molecule has 1 saturated heterocycles. The number of ether oxygens (including phenoxy) is 2. The quantitative estimate of drug-likeness (QED) is 0.602. The van der Waals surface area contributed by atoms with Crippen LogP contribution >= 0.6 is 0 Å². The first kappa shape index (κ1) is 20.9. The number of carbonyl (C=O) groups is 1. The molecule has 0 amide bonds. The molecule has 1 spiro atoms. The third kappa shape index (κ3) is 4.25. The Kier molecular flexibility index (Phi) is 6.77. The molecular weight excluding hydrogens is 348 g/mol. The van der Waals surface area contributed by atoms with E-state index in [-0.39, 0.29) is 11.2 Å². The van der Waals surface area contributed by atoms with E-state index in [9.17, 15) is 4.79 Å². The van der Waals surface area contributed by atoms with Crippen LogP contribution in [0.4, 0.5) is 0 Å². The lowest BCUT2D eigenvalue weighted by Gasteiger charge is -2.41. The van der Waals surface area contributed by atoms with Gasteiger partial charge in [0, 0.05) is 26.1 Å². The Bertz CT molecular complexity index is 754. The SMILES string of the molecule is CC=CCOC1=C(c2c(CC)cc(C)cc2CC)C(=O)CC2(CCOCC2)C1. The number of hydrogen-bond donors (Lipinski definition) is 0. The molecule has 0 aromatic heterocycles. The predicted molar refractivity (Wildman–Crippen MR) is 114 cm³/mol. The van der Waals surface area contributed by atoms with Crippen LogP contribution in [-0.4, -0.2) is 25.6 Å². The fraction of sp³-hybridized carbons (Fsp3) is 0.560. The molecule has 2 aliphatic rings. The number of aryl methyl sites for hydroxylation is 3. The number of rotatable bonds is 6. The number of allylic oxidation sites excluding steroid dienone is 3. The first-order chi connectivity index (χ1) is 13.5. The Morgan fingerprint density at radius 3 is 2.32 bits per heavy atom. The van der Waals surface area contributed by atoms with Crippen molar-refractivity contribution >= 4 is 11.4 Å². The minimum atomic E-state index is 0.00749. The van der Waals surface area contributed by atoms with E-state index in [1.54, 1.807) is 0 Å². The molecule has 1 fully saturated rings. The summed E-state index contributed by atoms with van der Waals surface area (Å²) in [6.45, 7) is 10.5. The summed E-state index contributed by atoms with van der Waals surface area (Å²) in [5, 5.41) is 0. The van der Waals surface area contributed by atoms with Crippen LogP contribution in [0, 0.1) is 12.3 Å². The molecule has 0 unspecified atom stereocenters. The smallest absolute Gasteiger partial charge is 0.167 e. The maximum atomic E-state index is 13.5. The molecule has 0 N–H and O–H groups in total. The van der Waals surface area contributed by atoms with Gasteiger partial charge in [-0.1, -0.05) is 43.7 Å². The Morgan fingerprint density at radius 2 is 1.75 bits per heavy atom. The summed E-state index contributed by atoms with van der Waals surface area (Å²) < 4.78 is 11.8. The Labute approximate surface area is 169 Å². The van der Waals surface area contributed by atoms with Crippen molar-refractivity contribution in [2.45, 2.75) is 66.2 Å². The first-order valence-electron chi connectivity index (χ1n) is 10.7. The van der Waals surface area contributed by atoms with Crippen molar-refractivity contribution in [1.82, 2.24) is 0 Å². The molecule has 0 radical (unpaired) electrons. The third-order valence-electron chi connectivity index (χ3n) is 6.23. The van der Waals surface area contributed by atoms with E-state index in [0.29, 0.717) is 13.0 Å². The number of benzene rings is 1. The van der Waals surface area contributed by atoms with Crippen molar-refractivity contribution < 1.29 is 14.3 Å². The molecule has 1 heterocycles. The molecule has 1 aliphatic heterocycles. The molecule has 0 atom stereocenters. The van der Waals surface area contributed by atoms with E-state index in [2.05, 4.69) is 32.9 Å². The fourth-order valence-electron chi connectivity index (χ4n) is 4.70. The van der Waals surface area contributed by atoms with Crippen LogP contribution in [0.3, 0.4) is 0 Å². The summed E-state index contributed by atoms with van der Waals surface area (Å²) >= 11 is 0. The van der Waals surface area contributed by atoms with Gasteiger partial charge in [-0.25, -0.2) is 0 Å². The van der Waals surface area contributed by atoms with E-state index in [1.807, 2.05) is 19.1 Å². The zero-order chi connectivity index (χ0) is 20.1. The summed E-state index contributed by atoms with van der Waals surface area (Å²) in [5.41, 5.74) is 5.77. The summed E-state index contributed by atoms with van der Waals surface area (Å²) in [5.74, 6) is 1.14. The first-order valence-corrected chi connectivity index (χ1v) is 10.7. The van der Waals surface area contributed by atoms with Gasteiger partial charge in [-0.15, -0.1) is 0 Å². The molecule has 1 aromatic rings. The van der Waals surface area contributed by atoms with Crippen LogP contribution < -0.4 is 0 Å². The Morgan fingerprint density at radius 1 is 1.11 bits per heavy atom. The third-order valence-corrected chi connectivity index (χ3v) is 6.23. The van der Waals surface area contributed by atoms with Gasteiger partial charge >= 0.3 is 0 Å². The highest BCUT2D eigenvalue weighted by atomic mass is 16.5. The monoisotopic (exact) mass is 382 g/mol. The maximum Gasteiger partial charge on any atom is 0.167 e. The highest BCUT2D eigenvalue weighted by Gasteiger charge is 2.42. The lowest BCUT2D eigenvalue weighted by Crippen LogP contribution is -2.36. The van der Waals surface area contributed by atoms with E-state index in [4.69, 9.17) is 9.47 Å². The van der Waals surface area contributed by atoms with Crippen molar-refractivity contribution in [2.24, 2.45) is 5.41 Å². The summed E-state index contributed by atoms with van der Waals surface area (Å²) in [6, 6.07) is 4.47. The minimum Gasteiger partial charge on any atom is -0.493 e. The van der Waals surface area contributed by atoms with Gasteiger partial charge in [-0.05, 0) is 61.6 Å². The summed E-state index contributed by atoms with van der Waals surface area (Å²) in [4.78, 5) is 13.5. The molecule has 1 aromatic carbocycles. The van der Waals surface area contributed by atoms with Crippen LogP contribution in [0.15, 0.2) is 30.0 Å². The van der Waals surface area contributed by atoms with Gasteiger partial charge in [0.1, 0.15) is 12.4 Å². The van der Waals surface area contributed by atoms with E-state index < -0.39 is 0 Å². The Balaban J connectivity index is 2.13. The topological polar surface area (TPSA) is 35.5 Å². The molecule has 3 rings (SSSR count). The highest BCUT2D eigenvalue weighted by Crippen LogP contribution is 2.48. The van der Waals surface area contributed by atoms with Gasteiger partial charge in [0.15, 0.2) is 5.78 Å². The van der Waals surface area contributed by atoms with E-state index in [1.165, 1.54) is 16.7 Å². The number of carbonyl (C=O) groups excluding carboxylic acids is 1. The average Bonchev–Trinajstić information content (AvgIpc) is 2.68. The highest BCUT2D eigenvalue weighted by molar-refractivity contribution is 6.23. The van der Waals surface area contributed by atoms with Crippen LogP contribution in [-0.2, 0) is 27.1 Å². The van der Waals surface area contributed by atoms with Gasteiger partial charge in [0.2, 0.25) is 0 Å².